The average molecular weight is 216 g/mol. The molecule has 0 bridgehead atoms. The second-order valence-corrected chi connectivity index (χ2v) is 2.40. The normalized spacial score (nSPS) is 16.5. The van der Waals surface area contributed by atoms with Crippen LogP contribution in [-0.2, 0) is 9.59 Å². The first-order valence-corrected chi connectivity index (χ1v) is 3.35. The molecule has 1 aliphatic carbocycles. The van der Waals surface area contributed by atoms with Crippen molar-refractivity contribution < 1.29 is 23.8 Å². The summed E-state index contributed by atoms with van der Waals surface area (Å²) in [7, 11) is 0. The number of carbonyl (C=O) groups excluding carboxylic acids is 2. The van der Waals surface area contributed by atoms with Crippen LogP contribution >= 0.6 is 0 Å². The number of nitro groups is 2. The van der Waals surface area contributed by atoms with Crippen molar-refractivity contribution in [2.45, 2.75) is 0 Å². The zero-order chi connectivity index (χ0) is 11.7. The maximum atomic E-state index is 12.9. The van der Waals surface area contributed by atoms with Gasteiger partial charge in [0, 0.05) is 0 Å². The Bertz CT molecular complexity index is 462. The second kappa shape index (κ2) is 3.36. The van der Waals surface area contributed by atoms with E-state index >= 15 is 0 Å². The zero-order valence-electron chi connectivity index (χ0n) is 6.80. The van der Waals surface area contributed by atoms with Crippen molar-refractivity contribution in [1.82, 2.24) is 0 Å². The standard InChI is InChI=1S/C6HFN2O6/c7-4-5(9(14)15)3(10)1-2(6(4)11)8(12)13/h1H. The quantitative estimate of drug-likeness (QED) is 0.356. The molecule has 0 amide bonds. The lowest BCUT2D eigenvalue weighted by Crippen LogP contribution is -2.25. The van der Waals surface area contributed by atoms with Gasteiger partial charge in [0.05, 0.1) is 15.9 Å². The summed E-state index contributed by atoms with van der Waals surface area (Å²) >= 11 is 0. The van der Waals surface area contributed by atoms with E-state index in [0.29, 0.717) is 0 Å². The van der Waals surface area contributed by atoms with Crippen molar-refractivity contribution in [2.75, 3.05) is 0 Å². The Labute approximate surface area is 80.0 Å². The first-order chi connectivity index (χ1) is 6.86. The fourth-order valence-corrected chi connectivity index (χ4v) is 0.892. The summed E-state index contributed by atoms with van der Waals surface area (Å²) in [6.07, 6.45) is 0.129. The van der Waals surface area contributed by atoms with E-state index in [2.05, 4.69) is 0 Å². The molecular weight excluding hydrogens is 215 g/mol. The Morgan fingerprint density at radius 1 is 1.13 bits per heavy atom. The number of nitrogens with zero attached hydrogens (tertiary/aromatic N) is 2. The SMILES string of the molecule is O=C1C=C([N+](=O)[O-])C(=O)C(F)=C1[N+](=O)[O-]. The van der Waals surface area contributed by atoms with Gasteiger partial charge in [-0.05, 0) is 0 Å². The molecule has 0 aromatic heterocycles. The smallest absolute Gasteiger partial charge is 0.282 e. The van der Waals surface area contributed by atoms with Crippen LogP contribution in [0.4, 0.5) is 4.39 Å². The molecule has 0 fully saturated rings. The van der Waals surface area contributed by atoms with Crippen LogP contribution in [0.5, 0.6) is 0 Å². The average Bonchev–Trinajstić information content (AvgIpc) is 2.10. The van der Waals surface area contributed by atoms with Crippen LogP contribution in [0.1, 0.15) is 0 Å². The van der Waals surface area contributed by atoms with E-state index in [1.54, 1.807) is 0 Å². The van der Waals surface area contributed by atoms with E-state index in [0.717, 1.165) is 0 Å². The van der Waals surface area contributed by atoms with Gasteiger partial charge in [-0.2, -0.15) is 4.39 Å². The molecule has 0 saturated heterocycles. The van der Waals surface area contributed by atoms with Gasteiger partial charge in [-0.1, -0.05) is 0 Å². The van der Waals surface area contributed by atoms with Gasteiger partial charge in [0.15, 0.2) is 0 Å². The Balaban J connectivity index is 3.32. The number of halogens is 1. The summed E-state index contributed by atoms with van der Waals surface area (Å²) < 4.78 is 12.9. The number of hydrogen-bond acceptors (Lipinski definition) is 6. The van der Waals surface area contributed by atoms with Gasteiger partial charge >= 0.3 is 11.4 Å². The Morgan fingerprint density at radius 3 is 2.07 bits per heavy atom. The van der Waals surface area contributed by atoms with Gasteiger partial charge in [0.1, 0.15) is 0 Å². The minimum atomic E-state index is -2.01. The minimum Gasteiger partial charge on any atom is -0.282 e. The molecule has 0 aliphatic heterocycles. The molecule has 0 aromatic carbocycles. The first-order valence-electron chi connectivity index (χ1n) is 3.35. The molecule has 0 spiro atoms. The highest BCUT2D eigenvalue weighted by atomic mass is 19.1. The van der Waals surface area contributed by atoms with E-state index in [1.807, 2.05) is 0 Å². The van der Waals surface area contributed by atoms with Crippen LogP contribution < -0.4 is 0 Å². The summed E-state index contributed by atoms with van der Waals surface area (Å²) in [6, 6.07) is 0. The van der Waals surface area contributed by atoms with Crippen LogP contribution in [0, 0.1) is 20.2 Å². The highest BCUT2D eigenvalue weighted by Crippen LogP contribution is 2.20. The fourth-order valence-electron chi connectivity index (χ4n) is 0.892. The van der Waals surface area contributed by atoms with Crippen molar-refractivity contribution in [2.24, 2.45) is 0 Å². The van der Waals surface area contributed by atoms with Crippen LogP contribution in [-0.4, -0.2) is 21.4 Å². The van der Waals surface area contributed by atoms with Gasteiger partial charge in [-0.3, -0.25) is 29.8 Å². The maximum absolute atomic E-state index is 12.9. The fraction of sp³-hybridized carbons (Fsp3) is 0. The highest BCUT2D eigenvalue weighted by Gasteiger charge is 2.42. The molecule has 9 heteroatoms. The van der Waals surface area contributed by atoms with Gasteiger partial charge in [0.25, 0.3) is 17.4 Å². The molecule has 78 valence electrons. The predicted octanol–water partition coefficient (Wildman–Crippen LogP) is -0.243. The molecule has 8 nitrogen and oxygen atoms in total. The lowest BCUT2D eigenvalue weighted by molar-refractivity contribution is -0.426. The van der Waals surface area contributed by atoms with Gasteiger partial charge in [0.2, 0.25) is 0 Å². The maximum Gasteiger partial charge on any atom is 0.356 e. The third-order valence-corrected chi connectivity index (χ3v) is 1.52. The van der Waals surface area contributed by atoms with Gasteiger partial charge in [-0.25, -0.2) is 0 Å². The van der Waals surface area contributed by atoms with Crippen LogP contribution in [0.2, 0.25) is 0 Å². The molecule has 0 radical (unpaired) electrons. The number of hydrogen-bond donors (Lipinski definition) is 0. The Kier molecular flexibility index (Phi) is 2.38. The summed E-state index contributed by atoms with van der Waals surface area (Å²) in [5, 5.41) is 20.3. The molecule has 15 heavy (non-hydrogen) atoms. The molecule has 1 aliphatic rings. The molecule has 0 saturated carbocycles. The summed E-state index contributed by atoms with van der Waals surface area (Å²) in [6.45, 7) is 0. The third-order valence-electron chi connectivity index (χ3n) is 1.52. The zero-order valence-corrected chi connectivity index (χ0v) is 6.80. The van der Waals surface area contributed by atoms with Crippen molar-refractivity contribution in [3.8, 4) is 0 Å². The van der Waals surface area contributed by atoms with Gasteiger partial charge < -0.3 is 0 Å². The molecule has 0 heterocycles. The van der Waals surface area contributed by atoms with Crippen molar-refractivity contribution in [3.05, 3.63) is 43.5 Å². The largest absolute Gasteiger partial charge is 0.356 e. The van der Waals surface area contributed by atoms with E-state index in [1.165, 1.54) is 0 Å². The Morgan fingerprint density at radius 2 is 1.67 bits per heavy atom. The number of carbonyl (C=O) groups is 2. The summed E-state index contributed by atoms with van der Waals surface area (Å²) in [5.74, 6) is -5.30. The number of rotatable bonds is 2. The van der Waals surface area contributed by atoms with E-state index in [4.69, 9.17) is 0 Å². The summed E-state index contributed by atoms with van der Waals surface area (Å²) in [4.78, 5) is 39.3. The minimum absolute atomic E-state index is 0.129. The third kappa shape index (κ3) is 1.61. The number of allylic oxidation sites excluding steroid dienone is 2. The highest BCUT2D eigenvalue weighted by molar-refractivity contribution is 6.19. The number of Topliss-reactive ketones (excluding diaryl/α,β-unsaturated/α-hetero) is 1. The first kappa shape index (κ1) is 10.6. The molecule has 0 N–H and O–H groups in total. The van der Waals surface area contributed by atoms with Gasteiger partial charge in [-0.15, -0.1) is 0 Å². The van der Waals surface area contributed by atoms with E-state index in [9.17, 15) is 34.2 Å². The van der Waals surface area contributed by atoms with Crippen molar-refractivity contribution in [1.29, 1.82) is 0 Å². The molecule has 1 rings (SSSR count). The second-order valence-electron chi connectivity index (χ2n) is 2.40. The van der Waals surface area contributed by atoms with Crippen LogP contribution in [0.25, 0.3) is 0 Å². The summed E-state index contributed by atoms with van der Waals surface area (Å²) in [5.41, 5.74) is -2.89. The van der Waals surface area contributed by atoms with Crippen LogP contribution in [0.3, 0.4) is 0 Å². The number of ketones is 2. The predicted molar refractivity (Wildman–Crippen MR) is 40.2 cm³/mol. The Hall–Kier alpha value is -2.45. The lowest BCUT2D eigenvalue weighted by Gasteiger charge is -2.01. The topological polar surface area (TPSA) is 120 Å². The lowest BCUT2D eigenvalue weighted by atomic mass is 10.1. The molecule has 0 unspecified atom stereocenters. The monoisotopic (exact) mass is 216 g/mol. The van der Waals surface area contributed by atoms with Crippen molar-refractivity contribution >= 4 is 11.6 Å². The van der Waals surface area contributed by atoms with E-state index in [-0.39, 0.29) is 6.08 Å². The molecule has 0 atom stereocenters. The van der Waals surface area contributed by atoms with Crippen LogP contribution in [0.15, 0.2) is 23.3 Å². The van der Waals surface area contributed by atoms with E-state index < -0.39 is 38.6 Å². The molecular formula is C6HFN2O6. The molecule has 0 aromatic rings. The van der Waals surface area contributed by atoms with Crippen molar-refractivity contribution in [3.63, 3.8) is 0 Å².